The number of phosphoric ester groups is 1. The zero-order chi connectivity index (χ0) is 15.6. The van der Waals surface area contributed by atoms with Crippen molar-refractivity contribution >= 4 is 13.8 Å². The number of fused-ring (bicyclic) bond motifs is 3. The number of rotatable bonds is 5. The van der Waals surface area contributed by atoms with Gasteiger partial charge >= 0.3 is 13.8 Å². The highest BCUT2D eigenvalue weighted by molar-refractivity contribution is 7.48. The van der Waals surface area contributed by atoms with Crippen molar-refractivity contribution in [1.82, 2.24) is 0 Å². The number of carbonyl (C=O) groups is 1. The molecule has 0 spiro atoms. The molecule has 3 fully saturated rings. The van der Waals surface area contributed by atoms with Gasteiger partial charge in [0.25, 0.3) is 0 Å². The summed E-state index contributed by atoms with van der Waals surface area (Å²) in [6, 6.07) is 5.76. The molecule has 0 aliphatic carbocycles. The third-order valence-electron chi connectivity index (χ3n) is 3.31. The van der Waals surface area contributed by atoms with Crippen LogP contribution in [0.2, 0.25) is 0 Å². The lowest BCUT2D eigenvalue weighted by Gasteiger charge is -2.43. The van der Waals surface area contributed by atoms with Crippen molar-refractivity contribution in [2.45, 2.75) is 0 Å². The van der Waals surface area contributed by atoms with Crippen LogP contribution >= 0.6 is 7.82 Å². The number of benzene rings is 1. The Labute approximate surface area is 125 Å². The van der Waals surface area contributed by atoms with E-state index in [2.05, 4.69) is 0 Å². The van der Waals surface area contributed by atoms with E-state index < -0.39 is 31.6 Å². The average molecular weight is 332 g/mol. The molecule has 9 heteroatoms. The van der Waals surface area contributed by atoms with Gasteiger partial charge in [0.2, 0.25) is 0 Å². The zero-order valence-corrected chi connectivity index (χ0v) is 12.4. The van der Waals surface area contributed by atoms with Gasteiger partial charge < -0.3 is 9.47 Å². The van der Waals surface area contributed by atoms with Gasteiger partial charge in [-0.15, -0.1) is 0 Å². The molecule has 7 nitrogen and oxygen atoms in total. The fourth-order valence-corrected chi connectivity index (χ4v) is 3.50. The highest BCUT2D eigenvalue weighted by Gasteiger charge is 2.51. The summed E-state index contributed by atoms with van der Waals surface area (Å²) in [5.74, 6) is -1.24. The number of ether oxygens (including phenoxy) is 2. The lowest BCUT2D eigenvalue weighted by molar-refractivity contribution is -0.161. The number of hydrogen-bond donors (Lipinski definition) is 0. The Kier molecular flexibility index (Phi) is 4.18. The maximum atomic E-state index is 13.3. The van der Waals surface area contributed by atoms with E-state index in [4.69, 9.17) is 23.0 Å². The Morgan fingerprint density at radius 3 is 2.50 bits per heavy atom. The monoisotopic (exact) mass is 332 g/mol. The number of esters is 1. The van der Waals surface area contributed by atoms with Crippen LogP contribution in [-0.4, -0.2) is 39.0 Å². The topological polar surface area (TPSA) is 80.3 Å². The fourth-order valence-electron chi connectivity index (χ4n) is 1.98. The Morgan fingerprint density at radius 1 is 1.23 bits per heavy atom. The predicted octanol–water partition coefficient (Wildman–Crippen LogP) is 1.92. The summed E-state index contributed by atoms with van der Waals surface area (Å²) < 4.78 is 50.0. The first-order valence-corrected chi connectivity index (χ1v) is 8.03. The molecule has 4 rings (SSSR count). The Morgan fingerprint density at radius 2 is 1.86 bits per heavy atom. The lowest BCUT2D eigenvalue weighted by atomic mass is 9.92. The minimum Gasteiger partial charge on any atom is -0.479 e. The van der Waals surface area contributed by atoms with Gasteiger partial charge in [-0.25, -0.2) is 13.8 Å². The van der Waals surface area contributed by atoms with Gasteiger partial charge in [-0.3, -0.25) is 13.6 Å². The molecule has 22 heavy (non-hydrogen) atoms. The molecule has 3 aliphatic heterocycles. The summed E-state index contributed by atoms with van der Waals surface area (Å²) in [5.41, 5.74) is -0.667. The van der Waals surface area contributed by atoms with Crippen LogP contribution in [0.5, 0.6) is 5.75 Å². The second-order valence-electron chi connectivity index (χ2n) is 5.15. The van der Waals surface area contributed by atoms with Crippen LogP contribution in [0.25, 0.3) is 0 Å². The molecule has 0 unspecified atom stereocenters. The summed E-state index contributed by atoms with van der Waals surface area (Å²) in [6.07, 6.45) is 0. The number of para-hydroxylation sites is 1. The molecular weight excluding hydrogens is 318 g/mol. The van der Waals surface area contributed by atoms with Gasteiger partial charge in [0.1, 0.15) is 6.61 Å². The number of carbonyl (C=O) groups excluding carboxylic acids is 1. The highest BCUT2D eigenvalue weighted by atomic mass is 31.2. The molecule has 1 aromatic carbocycles. The molecule has 3 saturated heterocycles. The minimum atomic E-state index is -3.38. The molecule has 120 valence electrons. The molecule has 2 bridgehead atoms. The van der Waals surface area contributed by atoms with Crippen molar-refractivity contribution in [3.8, 4) is 5.75 Å². The van der Waals surface area contributed by atoms with Gasteiger partial charge in [0, 0.05) is 0 Å². The van der Waals surface area contributed by atoms with Crippen molar-refractivity contribution < 1.29 is 36.8 Å². The van der Waals surface area contributed by atoms with Crippen LogP contribution in [0.4, 0.5) is 4.39 Å². The van der Waals surface area contributed by atoms with Crippen LogP contribution in [-0.2, 0) is 27.7 Å². The Balaban J connectivity index is 1.47. The van der Waals surface area contributed by atoms with Gasteiger partial charge in [-0.2, -0.15) is 0 Å². The maximum Gasteiger partial charge on any atom is 0.474 e. The third kappa shape index (κ3) is 3.30. The summed E-state index contributed by atoms with van der Waals surface area (Å²) >= 11 is 0. The lowest BCUT2D eigenvalue weighted by Crippen LogP contribution is -2.48. The van der Waals surface area contributed by atoms with Gasteiger partial charge in [-0.05, 0) is 12.1 Å². The Hall–Kier alpha value is -1.47. The van der Waals surface area contributed by atoms with E-state index in [1.54, 1.807) is 6.07 Å². The normalized spacial score (nSPS) is 30.0. The molecule has 3 aliphatic rings. The predicted molar refractivity (Wildman–Crippen MR) is 70.7 cm³/mol. The quantitative estimate of drug-likeness (QED) is 0.602. The van der Waals surface area contributed by atoms with Crippen LogP contribution in [0, 0.1) is 11.2 Å². The largest absolute Gasteiger partial charge is 0.479 e. The molecule has 0 aromatic heterocycles. The second kappa shape index (κ2) is 5.96. The van der Waals surface area contributed by atoms with Gasteiger partial charge in [-0.1, -0.05) is 12.1 Å². The standard InChI is InChI=1S/C13H14FO7P/c14-10-3-1-2-4-11(10)17-5-12(15)18-6-13-7-19-22(16,20-8-13)21-9-13/h1-4H,5-9H2. The van der Waals surface area contributed by atoms with Crippen LogP contribution < -0.4 is 4.74 Å². The van der Waals surface area contributed by atoms with E-state index in [0.29, 0.717) is 0 Å². The van der Waals surface area contributed by atoms with E-state index in [9.17, 15) is 13.8 Å². The van der Waals surface area contributed by atoms with Crippen molar-refractivity contribution in [3.05, 3.63) is 30.1 Å². The van der Waals surface area contributed by atoms with Crippen molar-refractivity contribution in [2.75, 3.05) is 33.0 Å². The van der Waals surface area contributed by atoms with Crippen molar-refractivity contribution in [2.24, 2.45) is 5.41 Å². The Bertz CT molecular complexity index is 589. The molecule has 0 N–H and O–H groups in total. The van der Waals surface area contributed by atoms with E-state index in [0.717, 1.165) is 0 Å². The summed E-state index contributed by atoms with van der Waals surface area (Å²) in [4.78, 5) is 11.7. The maximum absolute atomic E-state index is 13.3. The first-order valence-electron chi connectivity index (χ1n) is 6.57. The molecule has 0 atom stereocenters. The van der Waals surface area contributed by atoms with Crippen LogP contribution in [0.1, 0.15) is 0 Å². The molecule has 0 saturated carbocycles. The minimum absolute atomic E-state index is 0.0214. The smallest absolute Gasteiger partial charge is 0.474 e. The van der Waals surface area contributed by atoms with Gasteiger partial charge in [0.05, 0.1) is 25.2 Å². The molecule has 3 heterocycles. The second-order valence-corrected chi connectivity index (χ2v) is 6.82. The number of hydrogen-bond acceptors (Lipinski definition) is 7. The van der Waals surface area contributed by atoms with Gasteiger partial charge in [0.15, 0.2) is 18.2 Å². The van der Waals surface area contributed by atoms with E-state index >= 15 is 0 Å². The van der Waals surface area contributed by atoms with Crippen molar-refractivity contribution in [3.63, 3.8) is 0 Å². The van der Waals surface area contributed by atoms with Crippen molar-refractivity contribution in [1.29, 1.82) is 0 Å². The first kappa shape index (κ1) is 15.4. The summed E-state index contributed by atoms with van der Waals surface area (Å²) in [5, 5.41) is 0. The first-order chi connectivity index (χ1) is 10.5. The summed E-state index contributed by atoms with van der Waals surface area (Å²) in [7, 11) is -3.38. The van der Waals surface area contributed by atoms with Crippen LogP contribution in [0.3, 0.4) is 0 Å². The summed E-state index contributed by atoms with van der Waals surface area (Å²) in [6.45, 7) is -0.0479. The molecule has 0 radical (unpaired) electrons. The number of halogens is 1. The molecule has 1 aromatic rings. The fraction of sp³-hybridized carbons (Fsp3) is 0.462. The van der Waals surface area contributed by atoms with E-state index in [-0.39, 0.29) is 32.2 Å². The van der Waals surface area contributed by atoms with Crippen LogP contribution in [0.15, 0.2) is 24.3 Å². The molecular formula is C13H14FO7P. The zero-order valence-electron chi connectivity index (χ0n) is 11.5. The molecule has 0 amide bonds. The number of phosphoric acid groups is 1. The van der Waals surface area contributed by atoms with E-state index in [1.165, 1.54) is 18.2 Å². The SMILES string of the molecule is O=C(COc1ccccc1F)OCC12COP(=O)(OC1)OC2. The average Bonchev–Trinajstić information content (AvgIpc) is 2.54. The third-order valence-corrected chi connectivity index (χ3v) is 4.64. The highest BCUT2D eigenvalue weighted by Crippen LogP contribution is 2.59. The van der Waals surface area contributed by atoms with E-state index in [1.807, 2.05) is 0 Å².